The first-order valence-electron chi connectivity index (χ1n) is 9.73. The molecule has 7 heteroatoms. The Hall–Kier alpha value is -3.22. The molecule has 150 valence electrons. The van der Waals surface area contributed by atoms with E-state index < -0.39 is 5.97 Å². The van der Waals surface area contributed by atoms with E-state index in [-0.39, 0.29) is 17.4 Å². The first-order chi connectivity index (χ1) is 13.8. The van der Waals surface area contributed by atoms with Gasteiger partial charge in [0.15, 0.2) is 0 Å². The topological polar surface area (TPSA) is 96.5 Å². The number of carboxylic acids is 1. The van der Waals surface area contributed by atoms with Gasteiger partial charge in [-0.15, -0.1) is 0 Å². The zero-order chi connectivity index (χ0) is 20.7. The van der Waals surface area contributed by atoms with Gasteiger partial charge in [-0.05, 0) is 42.5 Å². The van der Waals surface area contributed by atoms with Crippen molar-refractivity contribution in [1.29, 1.82) is 0 Å². The number of carbonyl (C=O) groups excluding carboxylic acids is 1. The molecular formula is C22H23N3O4. The van der Waals surface area contributed by atoms with Gasteiger partial charge in [-0.25, -0.2) is 9.78 Å². The van der Waals surface area contributed by atoms with Crippen LogP contribution in [0.3, 0.4) is 0 Å². The van der Waals surface area contributed by atoms with Gasteiger partial charge in [-0.1, -0.05) is 31.1 Å². The van der Waals surface area contributed by atoms with Crippen molar-refractivity contribution >= 4 is 23.0 Å². The second-order valence-electron chi connectivity index (χ2n) is 7.93. The smallest absolute Gasteiger partial charge is 0.335 e. The van der Waals surface area contributed by atoms with Crippen LogP contribution in [0.2, 0.25) is 0 Å². The number of fused-ring (bicyclic) bond motifs is 1. The minimum Gasteiger partial charge on any atom is -0.478 e. The molecule has 1 fully saturated rings. The first-order valence-corrected chi connectivity index (χ1v) is 9.73. The van der Waals surface area contributed by atoms with Crippen LogP contribution in [0.4, 0.5) is 0 Å². The maximum absolute atomic E-state index is 13.3. The van der Waals surface area contributed by atoms with Gasteiger partial charge < -0.3 is 14.5 Å². The average molecular weight is 393 g/mol. The zero-order valence-corrected chi connectivity index (χ0v) is 16.7. The normalized spacial score (nSPS) is 13.8. The van der Waals surface area contributed by atoms with E-state index in [1.165, 1.54) is 0 Å². The third-order valence-electron chi connectivity index (χ3n) is 5.23. The fourth-order valence-corrected chi connectivity index (χ4v) is 3.45. The Labute approximate surface area is 168 Å². The lowest BCUT2D eigenvalue weighted by Crippen LogP contribution is -2.26. The van der Waals surface area contributed by atoms with Crippen LogP contribution < -0.4 is 0 Å². The molecule has 1 aliphatic carbocycles. The van der Waals surface area contributed by atoms with Gasteiger partial charge in [0.25, 0.3) is 11.6 Å². The van der Waals surface area contributed by atoms with Crippen LogP contribution in [0.25, 0.3) is 11.1 Å². The highest BCUT2D eigenvalue weighted by atomic mass is 16.5. The third kappa shape index (κ3) is 3.72. The van der Waals surface area contributed by atoms with E-state index in [0.717, 1.165) is 29.8 Å². The fraction of sp³-hybridized carbons (Fsp3) is 0.364. The van der Waals surface area contributed by atoms with Gasteiger partial charge in [0.05, 0.1) is 22.2 Å². The SMILES string of the molecule is CC(C)c1noc2nc(C3CC3)cc(C(=O)N(C)Cc3ccc(C(=O)O)cc3)c12. The summed E-state index contributed by atoms with van der Waals surface area (Å²) >= 11 is 0. The van der Waals surface area contributed by atoms with Crippen LogP contribution in [-0.4, -0.2) is 39.1 Å². The summed E-state index contributed by atoms with van der Waals surface area (Å²) in [7, 11) is 1.74. The minimum atomic E-state index is -0.971. The Morgan fingerprint density at radius 1 is 1.24 bits per heavy atom. The van der Waals surface area contributed by atoms with Crippen molar-refractivity contribution in [3.63, 3.8) is 0 Å². The fourth-order valence-electron chi connectivity index (χ4n) is 3.45. The maximum atomic E-state index is 13.3. The molecule has 1 aliphatic rings. The van der Waals surface area contributed by atoms with Crippen LogP contribution in [-0.2, 0) is 6.54 Å². The number of hydrogen-bond donors (Lipinski definition) is 1. The number of aromatic carboxylic acids is 1. The molecule has 0 radical (unpaired) electrons. The molecule has 29 heavy (non-hydrogen) atoms. The molecule has 0 atom stereocenters. The van der Waals surface area contributed by atoms with Crippen molar-refractivity contribution in [2.75, 3.05) is 7.05 Å². The van der Waals surface area contributed by atoms with Crippen LogP contribution in [0.15, 0.2) is 34.9 Å². The molecule has 2 heterocycles. The maximum Gasteiger partial charge on any atom is 0.335 e. The van der Waals surface area contributed by atoms with E-state index in [0.29, 0.717) is 29.1 Å². The highest BCUT2D eigenvalue weighted by Crippen LogP contribution is 2.41. The predicted octanol–water partition coefficient (Wildman–Crippen LogP) is 4.19. The molecule has 0 bridgehead atoms. The summed E-state index contributed by atoms with van der Waals surface area (Å²) < 4.78 is 5.47. The van der Waals surface area contributed by atoms with Crippen molar-refractivity contribution in [3.05, 3.63) is 58.4 Å². The monoisotopic (exact) mass is 393 g/mol. The molecule has 7 nitrogen and oxygen atoms in total. The summed E-state index contributed by atoms with van der Waals surface area (Å²) in [6.45, 7) is 4.38. The van der Waals surface area contributed by atoms with E-state index in [4.69, 9.17) is 9.63 Å². The van der Waals surface area contributed by atoms with Gasteiger partial charge in [0.1, 0.15) is 0 Å². The molecular weight excluding hydrogens is 370 g/mol. The number of hydrogen-bond acceptors (Lipinski definition) is 5. The van der Waals surface area contributed by atoms with Crippen LogP contribution >= 0.6 is 0 Å². The number of aromatic nitrogens is 2. The van der Waals surface area contributed by atoms with Crippen LogP contribution in [0.1, 0.15) is 76.2 Å². The first kappa shape index (κ1) is 19.1. The van der Waals surface area contributed by atoms with E-state index >= 15 is 0 Å². The summed E-state index contributed by atoms with van der Waals surface area (Å²) in [4.78, 5) is 30.6. The largest absolute Gasteiger partial charge is 0.478 e. The Kier molecular flexibility index (Phi) is 4.82. The van der Waals surface area contributed by atoms with Crippen molar-refractivity contribution < 1.29 is 19.2 Å². The van der Waals surface area contributed by atoms with E-state index in [2.05, 4.69) is 10.1 Å². The number of carboxylic acid groups (broad SMARTS) is 1. The minimum absolute atomic E-state index is 0.102. The molecule has 4 rings (SSSR count). The van der Waals surface area contributed by atoms with Crippen molar-refractivity contribution in [2.24, 2.45) is 0 Å². The van der Waals surface area contributed by atoms with Crippen LogP contribution in [0.5, 0.6) is 0 Å². The predicted molar refractivity (Wildman–Crippen MR) is 107 cm³/mol. The molecule has 2 aromatic heterocycles. The number of rotatable bonds is 6. The van der Waals surface area contributed by atoms with Gasteiger partial charge in [0.2, 0.25) is 0 Å². The summed E-state index contributed by atoms with van der Waals surface area (Å²) in [5.41, 5.74) is 3.67. The summed E-state index contributed by atoms with van der Waals surface area (Å²) in [6.07, 6.45) is 2.14. The third-order valence-corrected chi connectivity index (χ3v) is 5.23. The molecule has 0 spiro atoms. The summed E-state index contributed by atoms with van der Waals surface area (Å²) in [6, 6.07) is 8.43. The Balaban J connectivity index is 1.67. The quantitative estimate of drug-likeness (QED) is 0.674. The average Bonchev–Trinajstić information content (AvgIpc) is 3.45. The molecule has 1 saturated carbocycles. The Morgan fingerprint density at radius 2 is 1.93 bits per heavy atom. The number of nitrogens with zero attached hydrogens (tertiary/aromatic N) is 3. The van der Waals surface area contributed by atoms with Crippen molar-refractivity contribution in [2.45, 2.75) is 45.1 Å². The van der Waals surface area contributed by atoms with E-state index in [1.807, 2.05) is 19.9 Å². The number of pyridine rings is 1. The number of carbonyl (C=O) groups is 2. The van der Waals surface area contributed by atoms with Crippen molar-refractivity contribution in [1.82, 2.24) is 15.0 Å². The van der Waals surface area contributed by atoms with Gasteiger partial charge in [-0.3, -0.25) is 4.79 Å². The molecule has 0 unspecified atom stereocenters. The van der Waals surface area contributed by atoms with Crippen molar-refractivity contribution in [3.8, 4) is 0 Å². The highest BCUT2D eigenvalue weighted by molar-refractivity contribution is 6.06. The summed E-state index contributed by atoms with van der Waals surface area (Å²) in [5.74, 6) is -0.620. The van der Waals surface area contributed by atoms with E-state index in [1.54, 1.807) is 36.2 Å². The molecule has 3 aromatic rings. The Morgan fingerprint density at radius 3 is 2.52 bits per heavy atom. The number of benzene rings is 1. The standard InChI is InChI=1S/C22H23N3O4/c1-12(2)19-18-16(10-17(14-8-9-14)23-20(18)29-24-19)21(26)25(3)11-13-4-6-15(7-5-13)22(27)28/h4-7,10,12,14H,8-9,11H2,1-3H3,(H,27,28). The van der Waals surface area contributed by atoms with Gasteiger partial charge >= 0.3 is 5.97 Å². The number of amides is 1. The second-order valence-corrected chi connectivity index (χ2v) is 7.93. The summed E-state index contributed by atoms with van der Waals surface area (Å²) in [5, 5.41) is 13.9. The lowest BCUT2D eigenvalue weighted by molar-refractivity contribution is 0.0695. The molecule has 1 aromatic carbocycles. The molecule has 0 aliphatic heterocycles. The van der Waals surface area contributed by atoms with Crippen LogP contribution in [0, 0.1) is 0 Å². The molecule has 1 N–H and O–H groups in total. The molecule has 0 saturated heterocycles. The Bertz CT molecular complexity index is 1080. The lowest BCUT2D eigenvalue weighted by Gasteiger charge is -2.18. The highest BCUT2D eigenvalue weighted by Gasteiger charge is 2.30. The molecule has 1 amide bonds. The zero-order valence-electron chi connectivity index (χ0n) is 16.7. The van der Waals surface area contributed by atoms with E-state index in [9.17, 15) is 9.59 Å². The lowest BCUT2D eigenvalue weighted by atomic mass is 10.0. The van der Waals surface area contributed by atoms with Gasteiger partial charge in [-0.2, -0.15) is 0 Å². The second kappa shape index (κ2) is 7.31. The van der Waals surface area contributed by atoms with Gasteiger partial charge in [0, 0.05) is 25.2 Å².